The van der Waals surface area contributed by atoms with Crippen LogP contribution in [-0.4, -0.2) is 48.5 Å². The third-order valence-electron chi connectivity index (χ3n) is 4.66. The van der Waals surface area contributed by atoms with Crippen molar-refractivity contribution in [3.8, 4) is 0 Å². The predicted octanol–water partition coefficient (Wildman–Crippen LogP) is 1.22. The fourth-order valence-electron chi connectivity index (χ4n) is 3.30. The minimum atomic E-state index is -0.635. The molecule has 2 fully saturated rings. The van der Waals surface area contributed by atoms with Crippen LogP contribution in [0.15, 0.2) is 24.3 Å². The molecule has 1 heterocycles. The molecule has 3 rings (SSSR count). The predicted molar refractivity (Wildman–Crippen MR) is 83.7 cm³/mol. The van der Waals surface area contributed by atoms with Gasteiger partial charge in [0.2, 0.25) is 0 Å². The molecule has 1 aliphatic carbocycles. The van der Waals surface area contributed by atoms with Crippen LogP contribution in [0.2, 0.25) is 0 Å². The number of aliphatic hydroxyl groups excluding tert-OH is 1. The lowest BCUT2D eigenvalue weighted by Gasteiger charge is -2.22. The highest BCUT2D eigenvalue weighted by molar-refractivity contribution is 5.94. The van der Waals surface area contributed by atoms with E-state index in [1.165, 1.54) is 37.1 Å². The van der Waals surface area contributed by atoms with E-state index in [1.54, 1.807) is 0 Å². The Morgan fingerprint density at radius 3 is 2.65 bits per heavy atom. The van der Waals surface area contributed by atoms with Gasteiger partial charge in [-0.15, -0.1) is 0 Å². The molecular formula is C17H23FN2O3. The number of rotatable bonds is 5. The molecule has 1 saturated carbocycles. The molecule has 1 aromatic rings. The summed E-state index contributed by atoms with van der Waals surface area (Å²) >= 11 is 0. The number of hydrogen-bond donors (Lipinski definition) is 3. The van der Waals surface area contributed by atoms with Crippen LogP contribution in [0.5, 0.6) is 0 Å². The van der Waals surface area contributed by atoms with E-state index in [2.05, 4.69) is 10.6 Å². The molecule has 5 nitrogen and oxygen atoms in total. The van der Waals surface area contributed by atoms with Crippen LogP contribution >= 0.6 is 0 Å². The van der Waals surface area contributed by atoms with Gasteiger partial charge in [-0.2, -0.15) is 0 Å². The molecule has 1 saturated heterocycles. The van der Waals surface area contributed by atoms with Crippen LogP contribution in [0.4, 0.5) is 4.39 Å². The van der Waals surface area contributed by atoms with Crippen molar-refractivity contribution < 1.29 is 19.0 Å². The van der Waals surface area contributed by atoms with Crippen LogP contribution in [-0.2, 0) is 4.74 Å². The van der Waals surface area contributed by atoms with Crippen molar-refractivity contribution in [3.05, 3.63) is 35.6 Å². The van der Waals surface area contributed by atoms with Crippen molar-refractivity contribution in [1.29, 1.82) is 0 Å². The average Bonchev–Trinajstić information content (AvgIpc) is 3.18. The van der Waals surface area contributed by atoms with E-state index in [9.17, 15) is 14.3 Å². The minimum absolute atomic E-state index is 0.0779. The SMILES string of the molecule is O=C(NCC1OCC(NC2CCCC2)C1O)c1ccc(F)cc1. The molecule has 1 aromatic carbocycles. The van der Waals surface area contributed by atoms with Crippen molar-refractivity contribution in [2.24, 2.45) is 0 Å². The molecule has 3 unspecified atom stereocenters. The quantitative estimate of drug-likeness (QED) is 0.762. The highest BCUT2D eigenvalue weighted by Gasteiger charge is 2.37. The van der Waals surface area contributed by atoms with Gasteiger partial charge in [0.05, 0.1) is 18.8 Å². The maximum atomic E-state index is 12.9. The van der Waals surface area contributed by atoms with Gasteiger partial charge in [0.1, 0.15) is 11.9 Å². The van der Waals surface area contributed by atoms with Gasteiger partial charge < -0.3 is 20.5 Å². The van der Waals surface area contributed by atoms with Crippen LogP contribution in [0.25, 0.3) is 0 Å². The molecule has 2 aliphatic rings. The number of carbonyl (C=O) groups excluding carboxylic acids is 1. The Hall–Kier alpha value is -1.50. The van der Waals surface area contributed by atoms with Crippen molar-refractivity contribution in [1.82, 2.24) is 10.6 Å². The number of ether oxygens (including phenoxy) is 1. The number of benzene rings is 1. The summed E-state index contributed by atoms with van der Waals surface area (Å²) in [7, 11) is 0. The number of amides is 1. The van der Waals surface area contributed by atoms with Gasteiger partial charge in [0.15, 0.2) is 0 Å². The Kier molecular flexibility index (Phi) is 5.25. The fourth-order valence-corrected chi connectivity index (χ4v) is 3.30. The first-order chi connectivity index (χ1) is 11.1. The molecule has 3 N–H and O–H groups in total. The number of aliphatic hydroxyl groups is 1. The lowest BCUT2D eigenvalue weighted by Crippen LogP contribution is -2.47. The van der Waals surface area contributed by atoms with Crippen molar-refractivity contribution in [2.45, 2.75) is 50.0 Å². The summed E-state index contributed by atoms with van der Waals surface area (Å²) in [5.74, 6) is -0.676. The molecule has 0 radical (unpaired) electrons. The molecule has 0 aromatic heterocycles. The second-order valence-corrected chi connectivity index (χ2v) is 6.33. The molecular weight excluding hydrogens is 299 g/mol. The molecule has 23 heavy (non-hydrogen) atoms. The van der Waals surface area contributed by atoms with Gasteiger partial charge in [-0.25, -0.2) is 4.39 Å². The van der Waals surface area contributed by atoms with E-state index in [0.29, 0.717) is 18.2 Å². The van der Waals surface area contributed by atoms with Gasteiger partial charge in [-0.3, -0.25) is 4.79 Å². The number of halogens is 1. The fraction of sp³-hybridized carbons (Fsp3) is 0.588. The largest absolute Gasteiger partial charge is 0.389 e. The Labute approximate surface area is 135 Å². The lowest BCUT2D eigenvalue weighted by molar-refractivity contribution is 0.0396. The average molecular weight is 322 g/mol. The second-order valence-electron chi connectivity index (χ2n) is 6.33. The summed E-state index contributed by atoms with van der Waals surface area (Å²) in [4.78, 5) is 12.0. The first-order valence-corrected chi connectivity index (χ1v) is 8.23. The smallest absolute Gasteiger partial charge is 0.251 e. The first-order valence-electron chi connectivity index (χ1n) is 8.23. The molecule has 1 amide bonds. The summed E-state index contributed by atoms with van der Waals surface area (Å²) in [6.45, 7) is 0.689. The van der Waals surface area contributed by atoms with Crippen LogP contribution in [0, 0.1) is 5.82 Å². The zero-order valence-corrected chi connectivity index (χ0v) is 13.0. The lowest BCUT2D eigenvalue weighted by atomic mass is 10.1. The third kappa shape index (κ3) is 4.07. The van der Waals surface area contributed by atoms with E-state index >= 15 is 0 Å². The number of carbonyl (C=O) groups is 1. The van der Waals surface area contributed by atoms with E-state index < -0.39 is 12.2 Å². The standard InChI is InChI=1S/C17H23FN2O3/c18-12-7-5-11(6-8-12)17(22)19-9-15-16(21)14(10-23-15)20-13-3-1-2-4-13/h5-8,13-16,20-21H,1-4,9-10H2,(H,19,22). The Morgan fingerprint density at radius 1 is 1.26 bits per heavy atom. The Balaban J connectivity index is 1.46. The second kappa shape index (κ2) is 7.38. The van der Waals surface area contributed by atoms with Crippen LogP contribution in [0.1, 0.15) is 36.0 Å². The molecule has 0 spiro atoms. The molecule has 126 valence electrons. The summed E-state index contributed by atoms with van der Waals surface area (Å²) in [5, 5.41) is 16.5. The Bertz CT molecular complexity index is 531. The maximum absolute atomic E-state index is 12.9. The van der Waals surface area contributed by atoms with E-state index in [1.807, 2.05) is 0 Å². The van der Waals surface area contributed by atoms with E-state index in [0.717, 1.165) is 12.8 Å². The number of nitrogens with one attached hydrogen (secondary N) is 2. The van der Waals surface area contributed by atoms with E-state index in [-0.39, 0.29) is 24.3 Å². The number of hydrogen-bond acceptors (Lipinski definition) is 4. The van der Waals surface area contributed by atoms with Crippen molar-refractivity contribution in [2.75, 3.05) is 13.2 Å². The third-order valence-corrected chi connectivity index (χ3v) is 4.66. The monoisotopic (exact) mass is 322 g/mol. The highest BCUT2D eigenvalue weighted by atomic mass is 19.1. The van der Waals surface area contributed by atoms with Gasteiger partial charge in [0, 0.05) is 18.2 Å². The maximum Gasteiger partial charge on any atom is 0.251 e. The summed E-state index contributed by atoms with van der Waals surface area (Å²) in [6.07, 6.45) is 3.71. The summed E-state index contributed by atoms with van der Waals surface area (Å²) in [5.41, 5.74) is 0.388. The topological polar surface area (TPSA) is 70.6 Å². The molecule has 6 heteroatoms. The van der Waals surface area contributed by atoms with Gasteiger partial charge in [-0.1, -0.05) is 12.8 Å². The van der Waals surface area contributed by atoms with Crippen LogP contribution < -0.4 is 10.6 Å². The normalized spacial score (nSPS) is 28.2. The van der Waals surface area contributed by atoms with E-state index in [4.69, 9.17) is 4.74 Å². The Morgan fingerprint density at radius 2 is 1.96 bits per heavy atom. The minimum Gasteiger partial charge on any atom is -0.389 e. The van der Waals surface area contributed by atoms with Crippen molar-refractivity contribution in [3.63, 3.8) is 0 Å². The summed E-state index contributed by atoms with van der Waals surface area (Å²) in [6, 6.07) is 5.74. The molecule has 3 atom stereocenters. The zero-order valence-electron chi connectivity index (χ0n) is 13.0. The van der Waals surface area contributed by atoms with Gasteiger partial charge in [0.25, 0.3) is 5.91 Å². The van der Waals surface area contributed by atoms with Gasteiger partial charge >= 0.3 is 0 Å². The summed E-state index contributed by atoms with van der Waals surface area (Å²) < 4.78 is 18.5. The zero-order chi connectivity index (χ0) is 16.2. The first kappa shape index (κ1) is 16.4. The van der Waals surface area contributed by atoms with Crippen LogP contribution in [0.3, 0.4) is 0 Å². The molecule has 1 aliphatic heterocycles. The van der Waals surface area contributed by atoms with Gasteiger partial charge in [-0.05, 0) is 37.1 Å². The molecule has 0 bridgehead atoms. The van der Waals surface area contributed by atoms with Crippen molar-refractivity contribution >= 4 is 5.91 Å². The highest BCUT2D eigenvalue weighted by Crippen LogP contribution is 2.21.